The fraction of sp³-hybridized carbons (Fsp3) is 0.429. The third kappa shape index (κ3) is 6.93. The van der Waals surface area contributed by atoms with E-state index in [2.05, 4.69) is 23.1 Å². The molecule has 2 aromatic rings. The number of carboxylic acids is 1. The van der Waals surface area contributed by atoms with E-state index in [9.17, 15) is 23.1 Å². The van der Waals surface area contributed by atoms with Crippen LogP contribution in [0.4, 0.5) is 13.2 Å². The number of rotatable bonds is 9. The first-order valence-corrected chi connectivity index (χ1v) is 15.3. The first-order chi connectivity index (χ1) is 21.0. The van der Waals surface area contributed by atoms with Gasteiger partial charge < -0.3 is 14.7 Å². The molecule has 3 aliphatic rings. The smallest absolute Gasteiger partial charge is 0.432 e. The molecule has 1 N–H and O–H groups in total. The normalized spacial score (nSPS) is 19.8. The Kier molecular flexibility index (Phi) is 9.34. The SMILES string of the molecule is CC=C(N=C(CCC)N1C(C(F)(F)F)=C(C(=O)O)C=CC1C)c1cc(C)ccc1OCc1ccc2c(c1)CCN(C1CC1)C2. The van der Waals surface area contributed by atoms with Crippen molar-refractivity contribution in [1.82, 2.24) is 9.80 Å². The molecule has 9 heteroatoms. The lowest BCUT2D eigenvalue weighted by Crippen LogP contribution is -2.45. The maximum atomic E-state index is 14.4. The number of aliphatic imine (C=N–C) groups is 1. The van der Waals surface area contributed by atoms with Crippen LogP contribution in [-0.2, 0) is 24.4 Å². The van der Waals surface area contributed by atoms with Gasteiger partial charge in [0.25, 0.3) is 0 Å². The van der Waals surface area contributed by atoms with Gasteiger partial charge in [-0.15, -0.1) is 0 Å². The van der Waals surface area contributed by atoms with Gasteiger partial charge >= 0.3 is 12.1 Å². The minimum atomic E-state index is -4.89. The molecule has 0 bridgehead atoms. The number of allylic oxidation sites excluding steroid dienone is 2. The monoisotopic (exact) mass is 607 g/mol. The van der Waals surface area contributed by atoms with E-state index in [1.54, 1.807) is 19.9 Å². The predicted octanol–water partition coefficient (Wildman–Crippen LogP) is 7.82. The summed E-state index contributed by atoms with van der Waals surface area (Å²) in [6.07, 6.45) is 3.72. The first-order valence-electron chi connectivity index (χ1n) is 15.3. The number of nitrogens with zero attached hydrogens (tertiary/aromatic N) is 3. The molecule has 44 heavy (non-hydrogen) atoms. The molecule has 1 fully saturated rings. The second-order valence-corrected chi connectivity index (χ2v) is 11.8. The van der Waals surface area contributed by atoms with Gasteiger partial charge in [-0.3, -0.25) is 4.90 Å². The summed E-state index contributed by atoms with van der Waals surface area (Å²) < 4.78 is 49.5. The van der Waals surface area contributed by atoms with Crippen LogP contribution in [0.1, 0.15) is 74.3 Å². The lowest BCUT2D eigenvalue weighted by molar-refractivity contribution is -0.135. The maximum absolute atomic E-state index is 14.4. The number of hydrogen-bond donors (Lipinski definition) is 1. The van der Waals surface area contributed by atoms with Crippen molar-refractivity contribution in [2.45, 2.75) is 91.2 Å². The second-order valence-electron chi connectivity index (χ2n) is 11.8. The Morgan fingerprint density at radius 2 is 1.93 bits per heavy atom. The minimum Gasteiger partial charge on any atom is -0.488 e. The van der Waals surface area contributed by atoms with E-state index in [1.165, 1.54) is 30.0 Å². The fourth-order valence-corrected chi connectivity index (χ4v) is 6.03. The third-order valence-electron chi connectivity index (χ3n) is 8.40. The van der Waals surface area contributed by atoms with Gasteiger partial charge in [-0.25, -0.2) is 9.79 Å². The molecule has 5 rings (SSSR count). The summed E-state index contributed by atoms with van der Waals surface area (Å²) in [5.74, 6) is -0.916. The van der Waals surface area contributed by atoms with E-state index in [-0.39, 0.29) is 12.3 Å². The van der Waals surface area contributed by atoms with E-state index in [1.807, 2.05) is 32.0 Å². The third-order valence-corrected chi connectivity index (χ3v) is 8.40. The first kappa shape index (κ1) is 31.6. The molecular formula is C35H40F3N3O3. The second kappa shape index (κ2) is 13.0. The summed E-state index contributed by atoms with van der Waals surface area (Å²) in [5.41, 5.74) is 3.84. The molecule has 1 saturated carbocycles. The van der Waals surface area contributed by atoms with E-state index in [0.29, 0.717) is 30.0 Å². The average molecular weight is 608 g/mol. The zero-order chi connectivity index (χ0) is 31.6. The highest BCUT2D eigenvalue weighted by atomic mass is 19.4. The van der Waals surface area contributed by atoms with Gasteiger partial charge in [0, 0.05) is 31.1 Å². The van der Waals surface area contributed by atoms with Gasteiger partial charge in [-0.1, -0.05) is 48.9 Å². The molecule has 6 nitrogen and oxygen atoms in total. The lowest BCUT2D eigenvalue weighted by atomic mass is 9.97. The zero-order valence-corrected chi connectivity index (χ0v) is 25.7. The maximum Gasteiger partial charge on any atom is 0.432 e. The Balaban J connectivity index is 1.44. The number of alkyl halides is 3. The number of amidine groups is 1. The molecule has 0 aromatic heterocycles. The highest BCUT2D eigenvalue weighted by Crippen LogP contribution is 2.38. The Morgan fingerprint density at radius 3 is 2.59 bits per heavy atom. The number of hydrogen-bond acceptors (Lipinski definition) is 4. The molecule has 234 valence electrons. The van der Waals surface area contributed by atoms with Crippen molar-refractivity contribution in [2.75, 3.05) is 6.54 Å². The number of carboxylic acid groups (broad SMARTS) is 1. The molecule has 2 aromatic carbocycles. The Hall–Kier alpha value is -3.85. The fourth-order valence-electron chi connectivity index (χ4n) is 6.03. The van der Waals surface area contributed by atoms with Gasteiger partial charge in [0.15, 0.2) is 0 Å². The molecule has 2 aliphatic heterocycles. The molecule has 1 atom stereocenters. The highest BCUT2D eigenvalue weighted by molar-refractivity contribution is 5.96. The summed E-state index contributed by atoms with van der Waals surface area (Å²) >= 11 is 0. The summed E-state index contributed by atoms with van der Waals surface area (Å²) in [7, 11) is 0. The molecule has 0 spiro atoms. The van der Waals surface area contributed by atoms with Crippen molar-refractivity contribution in [1.29, 1.82) is 0 Å². The molecule has 0 saturated heterocycles. The number of aliphatic carboxylic acids is 1. The van der Waals surface area contributed by atoms with Crippen LogP contribution in [0.5, 0.6) is 5.75 Å². The lowest BCUT2D eigenvalue weighted by Gasteiger charge is -2.36. The van der Waals surface area contributed by atoms with Crippen LogP contribution in [0.25, 0.3) is 5.70 Å². The number of carbonyl (C=O) groups is 1. The van der Waals surface area contributed by atoms with Gasteiger partial charge in [-0.2, -0.15) is 13.2 Å². The van der Waals surface area contributed by atoms with E-state index >= 15 is 0 Å². The van der Waals surface area contributed by atoms with Gasteiger partial charge in [0.05, 0.1) is 17.3 Å². The Labute approximate surface area is 257 Å². The van der Waals surface area contributed by atoms with Crippen molar-refractivity contribution in [2.24, 2.45) is 4.99 Å². The average Bonchev–Trinajstić information content (AvgIpc) is 3.83. The molecule has 2 heterocycles. The molecular weight excluding hydrogens is 567 g/mol. The van der Waals surface area contributed by atoms with Crippen LogP contribution >= 0.6 is 0 Å². The molecule has 1 unspecified atom stereocenters. The number of ether oxygens (including phenoxy) is 1. The van der Waals surface area contributed by atoms with Gasteiger partial charge in [0.2, 0.25) is 0 Å². The number of halogens is 3. The minimum absolute atomic E-state index is 0.144. The zero-order valence-electron chi connectivity index (χ0n) is 25.7. The topological polar surface area (TPSA) is 65.4 Å². The van der Waals surface area contributed by atoms with Gasteiger partial charge in [-0.05, 0) is 81.4 Å². The molecule has 0 radical (unpaired) electrons. The Morgan fingerprint density at radius 1 is 1.16 bits per heavy atom. The number of aryl methyl sites for hydroxylation is 1. The van der Waals surface area contributed by atoms with Crippen molar-refractivity contribution >= 4 is 17.5 Å². The number of fused-ring (bicyclic) bond motifs is 1. The summed E-state index contributed by atoms with van der Waals surface area (Å²) in [4.78, 5) is 20.2. The van der Waals surface area contributed by atoms with Crippen LogP contribution in [-0.4, -0.2) is 51.5 Å². The summed E-state index contributed by atoms with van der Waals surface area (Å²) in [6.45, 7) is 9.60. The van der Waals surface area contributed by atoms with E-state index < -0.39 is 29.5 Å². The summed E-state index contributed by atoms with van der Waals surface area (Å²) in [6, 6.07) is 12.2. The molecule has 1 aliphatic carbocycles. The summed E-state index contributed by atoms with van der Waals surface area (Å²) in [5, 5.41) is 9.61. The van der Waals surface area contributed by atoms with Crippen molar-refractivity contribution in [3.63, 3.8) is 0 Å². The highest BCUT2D eigenvalue weighted by Gasteiger charge is 2.45. The van der Waals surface area contributed by atoms with E-state index in [0.717, 1.165) is 47.7 Å². The van der Waals surface area contributed by atoms with Gasteiger partial charge in [0.1, 0.15) is 23.9 Å². The molecule has 0 amide bonds. The predicted molar refractivity (Wildman–Crippen MR) is 166 cm³/mol. The largest absolute Gasteiger partial charge is 0.488 e. The van der Waals surface area contributed by atoms with Crippen molar-refractivity contribution in [3.8, 4) is 5.75 Å². The Bertz CT molecular complexity index is 1540. The van der Waals surface area contributed by atoms with Crippen LogP contribution in [0, 0.1) is 6.92 Å². The standard InChI is InChI=1S/C35H40F3N3O3/c1-5-7-32(41-23(4)9-14-28(34(42)43)33(41)35(36,37)38)39-30(6-2)29-18-22(3)8-15-31(29)44-21-24-10-11-26-20-40(27-12-13-27)17-16-25(26)19-24/h6,8-11,14-15,18-19,23,27H,5,7,12-13,16-17,20-21H2,1-4H3,(H,42,43). The quantitative estimate of drug-likeness (QED) is 0.233. The van der Waals surface area contributed by atoms with Crippen LogP contribution in [0.15, 0.2) is 70.9 Å². The van der Waals surface area contributed by atoms with Crippen molar-refractivity contribution < 1.29 is 27.8 Å². The number of benzene rings is 2. The van der Waals surface area contributed by atoms with E-state index in [4.69, 9.17) is 9.73 Å². The van der Waals surface area contributed by atoms with Crippen LogP contribution in [0.3, 0.4) is 0 Å². The van der Waals surface area contributed by atoms with Crippen LogP contribution in [0.2, 0.25) is 0 Å². The van der Waals surface area contributed by atoms with Crippen LogP contribution < -0.4 is 4.74 Å². The van der Waals surface area contributed by atoms with Crippen molar-refractivity contribution in [3.05, 3.63) is 93.7 Å².